The summed E-state index contributed by atoms with van der Waals surface area (Å²) in [6, 6.07) is 0. The molecule has 1 aromatic heterocycles. The molecule has 1 saturated heterocycles. The van der Waals surface area contributed by atoms with Crippen molar-refractivity contribution < 1.29 is 30.5 Å². The van der Waals surface area contributed by atoms with Crippen LogP contribution in [-0.4, -0.2) is 66.8 Å². The molecule has 0 aromatic carbocycles. The van der Waals surface area contributed by atoms with Crippen LogP contribution < -0.4 is 16.3 Å². The highest BCUT2D eigenvalue weighted by atomic mass is 16.8. The fourth-order valence-electron chi connectivity index (χ4n) is 1.85. The van der Waals surface area contributed by atoms with Gasteiger partial charge in [0.15, 0.2) is 23.6 Å². The number of aliphatic hydroxyl groups is 3. The lowest BCUT2D eigenvalue weighted by atomic mass is 10.1. The molecule has 0 amide bonds. The minimum atomic E-state index is -1.35. The largest absolute Gasteiger partial charge is 0.394 e. The van der Waals surface area contributed by atoms with Gasteiger partial charge in [0.1, 0.15) is 24.6 Å². The van der Waals surface area contributed by atoms with Gasteiger partial charge >= 0.3 is 0 Å². The Balaban J connectivity index is 2.21. The van der Waals surface area contributed by atoms with Crippen LogP contribution in [0.25, 0.3) is 0 Å². The second-order valence-electron chi connectivity index (χ2n) is 4.15. The van der Waals surface area contributed by atoms with E-state index in [9.17, 15) is 10.2 Å². The Morgan fingerprint density at radius 1 is 1.30 bits per heavy atom. The van der Waals surface area contributed by atoms with E-state index in [0.717, 1.165) is 6.33 Å². The predicted molar refractivity (Wildman–Crippen MR) is 63.9 cm³/mol. The van der Waals surface area contributed by atoms with Gasteiger partial charge in [0.2, 0.25) is 0 Å². The van der Waals surface area contributed by atoms with Crippen molar-refractivity contribution in [3.63, 3.8) is 0 Å². The number of aliphatic hydroxyl groups excluding tert-OH is 3. The number of ether oxygens (including phenoxy) is 1. The molecule has 2 rings (SSSR count). The summed E-state index contributed by atoms with van der Waals surface area (Å²) in [7, 11) is 0. The minimum Gasteiger partial charge on any atom is -0.394 e. The van der Waals surface area contributed by atoms with Crippen molar-refractivity contribution in [1.29, 1.82) is 0 Å². The predicted octanol–water partition coefficient (Wildman–Crippen LogP) is -2.51. The van der Waals surface area contributed by atoms with Crippen LogP contribution in [0.4, 0.5) is 17.3 Å². The van der Waals surface area contributed by atoms with E-state index >= 15 is 0 Å². The van der Waals surface area contributed by atoms with E-state index in [1.807, 2.05) is 0 Å². The molecular formula is C9H15N5O6. The maximum absolute atomic E-state index is 9.76. The van der Waals surface area contributed by atoms with E-state index in [-0.39, 0.29) is 22.5 Å². The average Bonchev–Trinajstić information content (AvgIpc) is 2.66. The molecule has 112 valence electrons. The highest BCUT2D eigenvalue weighted by Gasteiger charge is 2.42. The van der Waals surface area contributed by atoms with Crippen molar-refractivity contribution in [2.75, 3.05) is 22.9 Å². The highest BCUT2D eigenvalue weighted by Crippen LogP contribution is 2.29. The lowest BCUT2D eigenvalue weighted by Gasteiger charge is -2.20. The molecule has 1 aromatic rings. The number of aromatic nitrogens is 2. The Kier molecular flexibility index (Phi) is 4.17. The van der Waals surface area contributed by atoms with Crippen LogP contribution in [0, 0.1) is 0 Å². The van der Waals surface area contributed by atoms with Crippen molar-refractivity contribution in [3.8, 4) is 0 Å². The summed E-state index contributed by atoms with van der Waals surface area (Å²) in [5.41, 5.74) is 5.12. The molecule has 1 fully saturated rings. The van der Waals surface area contributed by atoms with Gasteiger partial charge in [0.05, 0.1) is 6.61 Å². The Bertz CT molecular complexity index is 474. The van der Waals surface area contributed by atoms with Crippen LogP contribution in [-0.2, 0) is 4.74 Å². The van der Waals surface area contributed by atoms with Crippen molar-refractivity contribution in [2.24, 2.45) is 0 Å². The monoisotopic (exact) mass is 289 g/mol. The van der Waals surface area contributed by atoms with E-state index in [1.54, 1.807) is 0 Å². The molecule has 0 saturated carbocycles. The lowest BCUT2D eigenvalue weighted by Crippen LogP contribution is -2.37. The standard InChI is InChI=1S/C9H15N5O6/c10-7-4(14(18)19)8(12-2-11-7)13-9-6(17)5(16)3(1-15)20-9/h2-3,5-6,9,15-19H,1H2,(H3,10,11,12,13). The van der Waals surface area contributed by atoms with Crippen molar-refractivity contribution in [2.45, 2.75) is 24.5 Å². The summed E-state index contributed by atoms with van der Waals surface area (Å²) in [6.07, 6.45) is -3.66. The molecule has 20 heavy (non-hydrogen) atoms. The molecule has 0 spiro atoms. The Morgan fingerprint density at radius 2 is 2.00 bits per heavy atom. The number of nitrogens with two attached hydrogens (primary N) is 1. The first-order valence-electron chi connectivity index (χ1n) is 5.63. The van der Waals surface area contributed by atoms with Gasteiger partial charge in [-0.25, -0.2) is 9.97 Å². The van der Waals surface area contributed by atoms with E-state index in [4.69, 9.17) is 26.0 Å². The summed E-state index contributed by atoms with van der Waals surface area (Å²) in [6.45, 7) is -0.485. The first-order chi connectivity index (χ1) is 9.45. The second kappa shape index (κ2) is 5.70. The van der Waals surface area contributed by atoms with E-state index in [1.165, 1.54) is 0 Å². The number of nitrogens with one attached hydrogen (secondary N) is 1. The molecule has 0 aliphatic carbocycles. The van der Waals surface area contributed by atoms with Crippen molar-refractivity contribution in [1.82, 2.24) is 9.97 Å². The minimum absolute atomic E-state index is 0.127. The summed E-state index contributed by atoms with van der Waals surface area (Å²) in [4.78, 5) is 7.31. The Morgan fingerprint density at radius 3 is 2.55 bits per heavy atom. The maximum atomic E-state index is 9.76. The van der Waals surface area contributed by atoms with Gasteiger partial charge in [-0.2, -0.15) is 0 Å². The number of rotatable bonds is 4. The Hall–Kier alpha value is -1.76. The summed E-state index contributed by atoms with van der Waals surface area (Å²) in [5.74, 6) is -0.350. The fraction of sp³-hybridized carbons (Fsp3) is 0.556. The van der Waals surface area contributed by atoms with Crippen LogP contribution >= 0.6 is 0 Å². The zero-order valence-corrected chi connectivity index (χ0v) is 10.2. The first kappa shape index (κ1) is 14.6. The number of nitrogens with zero attached hydrogens (tertiary/aromatic N) is 3. The van der Waals surface area contributed by atoms with Crippen LogP contribution in [0.3, 0.4) is 0 Å². The van der Waals surface area contributed by atoms with Crippen LogP contribution in [0.1, 0.15) is 0 Å². The van der Waals surface area contributed by atoms with Crippen molar-refractivity contribution in [3.05, 3.63) is 6.33 Å². The Labute approximate surface area is 112 Å². The molecular weight excluding hydrogens is 274 g/mol. The summed E-state index contributed by atoms with van der Waals surface area (Å²) >= 11 is 0. The van der Waals surface area contributed by atoms with Gasteiger partial charge in [0.25, 0.3) is 0 Å². The third-order valence-corrected chi connectivity index (χ3v) is 2.87. The molecule has 0 radical (unpaired) electrons. The molecule has 1 aliphatic rings. The zero-order chi connectivity index (χ0) is 14.9. The molecule has 0 bridgehead atoms. The summed E-state index contributed by atoms with van der Waals surface area (Å²) in [5, 5.41) is 48.7. The highest BCUT2D eigenvalue weighted by molar-refractivity contribution is 5.74. The number of anilines is 3. The van der Waals surface area contributed by atoms with Gasteiger partial charge in [-0.1, -0.05) is 0 Å². The lowest BCUT2D eigenvalue weighted by molar-refractivity contribution is -0.0155. The zero-order valence-electron chi connectivity index (χ0n) is 10.2. The topological polar surface area (TPSA) is 177 Å². The maximum Gasteiger partial charge on any atom is 0.179 e. The average molecular weight is 289 g/mol. The van der Waals surface area contributed by atoms with Gasteiger partial charge in [-0.05, 0) is 0 Å². The van der Waals surface area contributed by atoms with E-state index in [2.05, 4.69) is 15.3 Å². The van der Waals surface area contributed by atoms with Crippen LogP contribution in [0.2, 0.25) is 0 Å². The molecule has 11 nitrogen and oxygen atoms in total. The summed E-state index contributed by atoms with van der Waals surface area (Å²) < 4.78 is 5.17. The second-order valence-corrected chi connectivity index (χ2v) is 4.15. The normalized spacial score (nSPS) is 29.4. The fourth-order valence-corrected chi connectivity index (χ4v) is 1.85. The van der Waals surface area contributed by atoms with Gasteiger partial charge < -0.3 is 31.1 Å². The van der Waals surface area contributed by atoms with Crippen molar-refractivity contribution >= 4 is 17.3 Å². The van der Waals surface area contributed by atoms with E-state index in [0.29, 0.717) is 0 Å². The molecule has 8 N–H and O–H groups in total. The van der Waals surface area contributed by atoms with E-state index < -0.39 is 31.1 Å². The van der Waals surface area contributed by atoms with Crippen LogP contribution in [0.15, 0.2) is 6.33 Å². The smallest absolute Gasteiger partial charge is 0.179 e. The van der Waals surface area contributed by atoms with Crippen LogP contribution in [0.5, 0.6) is 0 Å². The van der Waals surface area contributed by atoms with Gasteiger partial charge in [0, 0.05) is 0 Å². The number of hydrogen-bond acceptors (Lipinski definition) is 11. The SMILES string of the molecule is Nc1ncnc(NC2OC(CO)C(O)C2O)c1N(O)O. The van der Waals surface area contributed by atoms with Gasteiger partial charge in [-0.3, -0.25) is 10.4 Å². The quantitative estimate of drug-likeness (QED) is 0.291. The molecule has 2 heterocycles. The molecule has 4 unspecified atom stereocenters. The third-order valence-electron chi connectivity index (χ3n) is 2.87. The first-order valence-corrected chi connectivity index (χ1v) is 5.63. The number of hydrogen-bond donors (Lipinski definition) is 7. The van der Waals surface area contributed by atoms with Gasteiger partial charge in [-0.15, -0.1) is 5.23 Å². The third kappa shape index (κ3) is 2.58. The molecule has 1 aliphatic heterocycles. The molecule has 11 heteroatoms. The molecule has 4 atom stereocenters. The number of nitrogen functional groups attached to an aromatic ring is 1.